The Balaban J connectivity index is 1.97. The second-order valence-electron chi connectivity index (χ2n) is 5.81. The smallest absolute Gasteiger partial charge is 0.243 e. The van der Waals surface area contributed by atoms with Crippen LogP contribution in [0.1, 0.15) is 6.92 Å². The molecule has 0 saturated heterocycles. The van der Waals surface area contributed by atoms with Gasteiger partial charge in [0.05, 0.1) is 11.9 Å². The molecule has 0 bridgehead atoms. The van der Waals surface area contributed by atoms with Crippen molar-refractivity contribution in [1.82, 2.24) is 5.32 Å². The first-order valence-corrected chi connectivity index (χ1v) is 11.3. The minimum atomic E-state index is -3.77. The van der Waals surface area contributed by atoms with Crippen LogP contribution < -0.4 is 9.62 Å². The highest BCUT2D eigenvalue weighted by Gasteiger charge is 2.29. The first-order chi connectivity index (χ1) is 12.7. The zero-order chi connectivity index (χ0) is 20.0. The number of anilines is 1. The minimum absolute atomic E-state index is 0.107. The SMILES string of the molecule is CC(C(=O)NCCSc1ccc(Cl)cc1)N(c1cccc(F)c1)S(C)(=O)=O. The molecule has 1 amide bonds. The number of carbonyl (C=O) groups excluding carboxylic acids is 1. The molecule has 2 aromatic rings. The molecular weight excluding hydrogens is 411 g/mol. The predicted molar refractivity (Wildman–Crippen MR) is 108 cm³/mol. The Labute approximate surface area is 168 Å². The van der Waals surface area contributed by atoms with E-state index < -0.39 is 27.8 Å². The Morgan fingerprint density at radius 2 is 1.93 bits per heavy atom. The number of nitrogens with zero attached hydrogens (tertiary/aromatic N) is 1. The Bertz CT molecular complexity index is 892. The lowest BCUT2D eigenvalue weighted by Gasteiger charge is -2.28. The Hall–Kier alpha value is -1.77. The Morgan fingerprint density at radius 1 is 1.26 bits per heavy atom. The molecule has 1 atom stereocenters. The number of rotatable bonds is 8. The summed E-state index contributed by atoms with van der Waals surface area (Å²) in [6.07, 6.45) is 0.984. The summed E-state index contributed by atoms with van der Waals surface area (Å²) >= 11 is 7.37. The van der Waals surface area contributed by atoms with E-state index in [1.54, 1.807) is 23.9 Å². The monoisotopic (exact) mass is 430 g/mol. The number of nitrogens with one attached hydrogen (secondary N) is 1. The van der Waals surface area contributed by atoms with Crippen molar-refractivity contribution in [3.8, 4) is 0 Å². The fourth-order valence-electron chi connectivity index (χ4n) is 2.44. The van der Waals surface area contributed by atoms with Gasteiger partial charge in [0.1, 0.15) is 11.9 Å². The summed E-state index contributed by atoms with van der Waals surface area (Å²) in [5, 5.41) is 3.37. The van der Waals surface area contributed by atoms with Crippen molar-refractivity contribution in [3.63, 3.8) is 0 Å². The van der Waals surface area contributed by atoms with Gasteiger partial charge in [-0.25, -0.2) is 12.8 Å². The van der Waals surface area contributed by atoms with E-state index in [4.69, 9.17) is 11.6 Å². The zero-order valence-electron chi connectivity index (χ0n) is 14.9. The fourth-order valence-corrected chi connectivity index (χ4v) is 4.50. The molecule has 2 aromatic carbocycles. The molecule has 0 heterocycles. The number of halogens is 2. The van der Waals surface area contributed by atoms with Gasteiger partial charge < -0.3 is 5.32 Å². The molecule has 0 fully saturated rings. The number of carbonyl (C=O) groups is 1. The second-order valence-corrected chi connectivity index (χ2v) is 9.27. The summed E-state index contributed by atoms with van der Waals surface area (Å²) < 4.78 is 38.7. The highest BCUT2D eigenvalue weighted by atomic mass is 35.5. The van der Waals surface area contributed by atoms with Crippen LogP contribution in [0.25, 0.3) is 0 Å². The van der Waals surface area contributed by atoms with Gasteiger partial charge in [0, 0.05) is 22.2 Å². The van der Waals surface area contributed by atoms with Gasteiger partial charge in [0.15, 0.2) is 0 Å². The normalized spacial score (nSPS) is 12.4. The largest absolute Gasteiger partial charge is 0.353 e. The first kappa shape index (κ1) is 21.5. The van der Waals surface area contributed by atoms with Gasteiger partial charge in [0.2, 0.25) is 15.9 Å². The number of thioether (sulfide) groups is 1. The van der Waals surface area contributed by atoms with Crippen LogP contribution in [-0.4, -0.2) is 38.9 Å². The van der Waals surface area contributed by atoms with Gasteiger partial charge in [-0.1, -0.05) is 17.7 Å². The summed E-state index contributed by atoms with van der Waals surface area (Å²) in [5.41, 5.74) is 0.107. The van der Waals surface area contributed by atoms with Gasteiger partial charge in [-0.2, -0.15) is 0 Å². The van der Waals surface area contributed by atoms with Crippen LogP contribution >= 0.6 is 23.4 Å². The molecule has 0 aliphatic carbocycles. The van der Waals surface area contributed by atoms with Crippen molar-refractivity contribution in [2.45, 2.75) is 17.9 Å². The molecule has 0 aliphatic heterocycles. The molecule has 146 valence electrons. The highest BCUT2D eigenvalue weighted by molar-refractivity contribution is 7.99. The van der Waals surface area contributed by atoms with Crippen molar-refractivity contribution in [1.29, 1.82) is 0 Å². The molecule has 0 aromatic heterocycles. The van der Waals surface area contributed by atoms with Gasteiger partial charge >= 0.3 is 0 Å². The average molecular weight is 431 g/mol. The van der Waals surface area contributed by atoms with Gasteiger partial charge in [-0.05, 0) is 49.4 Å². The van der Waals surface area contributed by atoms with Gasteiger partial charge in [-0.15, -0.1) is 11.8 Å². The molecule has 1 N–H and O–H groups in total. The van der Waals surface area contributed by atoms with E-state index in [0.29, 0.717) is 17.3 Å². The maximum Gasteiger partial charge on any atom is 0.243 e. The third-order valence-corrected chi connectivity index (χ3v) is 6.14. The van der Waals surface area contributed by atoms with Crippen molar-refractivity contribution < 1.29 is 17.6 Å². The van der Waals surface area contributed by atoms with Crippen LogP contribution in [0, 0.1) is 5.82 Å². The summed E-state index contributed by atoms with van der Waals surface area (Å²) in [6.45, 7) is 1.82. The van der Waals surface area contributed by atoms with E-state index in [1.165, 1.54) is 25.1 Å². The number of hydrogen-bond donors (Lipinski definition) is 1. The lowest BCUT2D eigenvalue weighted by molar-refractivity contribution is -0.121. The second kappa shape index (κ2) is 9.43. The fraction of sp³-hybridized carbons (Fsp3) is 0.278. The van der Waals surface area contributed by atoms with Crippen LogP contribution in [-0.2, 0) is 14.8 Å². The molecule has 5 nitrogen and oxygen atoms in total. The summed E-state index contributed by atoms with van der Waals surface area (Å²) in [6, 6.07) is 11.5. The third-order valence-electron chi connectivity index (χ3n) is 3.63. The van der Waals surface area contributed by atoms with Crippen LogP contribution in [0.15, 0.2) is 53.4 Å². The molecule has 0 spiro atoms. The molecule has 0 saturated carbocycles. The average Bonchev–Trinajstić information content (AvgIpc) is 2.59. The number of benzene rings is 2. The van der Waals surface area contributed by atoms with Crippen molar-refractivity contribution in [2.75, 3.05) is 22.9 Å². The molecule has 0 radical (unpaired) electrons. The van der Waals surface area contributed by atoms with Crippen molar-refractivity contribution in [3.05, 3.63) is 59.4 Å². The number of sulfonamides is 1. The summed E-state index contributed by atoms with van der Waals surface area (Å²) in [7, 11) is -3.77. The standard InChI is InChI=1S/C18H20ClFN2O3S2/c1-13(22(27(2,24)25)16-5-3-4-15(20)12-16)18(23)21-10-11-26-17-8-6-14(19)7-9-17/h3-9,12-13H,10-11H2,1-2H3,(H,21,23). The lowest BCUT2D eigenvalue weighted by Crippen LogP contribution is -2.48. The van der Waals surface area contributed by atoms with E-state index in [1.807, 2.05) is 12.1 Å². The third kappa shape index (κ3) is 6.41. The van der Waals surface area contributed by atoms with Gasteiger partial charge in [0.25, 0.3) is 0 Å². The molecule has 9 heteroatoms. The van der Waals surface area contributed by atoms with E-state index in [9.17, 15) is 17.6 Å². The Morgan fingerprint density at radius 3 is 2.52 bits per heavy atom. The van der Waals surface area contributed by atoms with E-state index in [0.717, 1.165) is 21.5 Å². The molecule has 0 aliphatic rings. The molecule has 1 unspecified atom stereocenters. The van der Waals surface area contributed by atoms with E-state index >= 15 is 0 Å². The molecule has 2 rings (SSSR count). The zero-order valence-corrected chi connectivity index (χ0v) is 17.2. The van der Waals surface area contributed by atoms with Crippen molar-refractivity contribution in [2.24, 2.45) is 0 Å². The summed E-state index contributed by atoms with van der Waals surface area (Å²) in [4.78, 5) is 13.4. The predicted octanol–water partition coefficient (Wildman–Crippen LogP) is 3.54. The maximum absolute atomic E-state index is 13.5. The highest BCUT2D eigenvalue weighted by Crippen LogP contribution is 2.22. The van der Waals surface area contributed by atoms with E-state index in [2.05, 4.69) is 5.32 Å². The number of hydrogen-bond acceptors (Lipinski definition) is 4. The first-order valence-electron chi connectivity index (χ1n) is 8.09. The molecular formula is C18H20ClFN2O3S2. The Kier molecular flexibility index (Phi) is 7.52. The topological polar surface area (TPSA) is 66.5 Å². The minimum Gasteiger partial charge on any atom is -0.353 e. The van der Waals surface area contributed by atoms with Gasteiger partial charge in [-0.3, -0.25) is 9.10 Å². The van der Waals surface area contributed by atoms with Crippen LogP contribution in [0.5, 0.6) is 0 Å². The van der Waals surface area contributed by atoms with Crippen LogP contribution in [0.3, 0.4) is 0 Å². The van der Waals surface area contributed by atoms with Crippen LogP contribution in [0.2, 0.25) is 5.02 Å². The van der Waals surface area contributed by atoms with E-state index in [-0.39, 0.29) is 5.69 Å². The van der Waals surface area contributed by atoms with Crippen molar-refractivity contribution >= 4 is 45.0 Å². The van der Waals surface area contributed by atoms with Crippen LogP contribution in [0.4, 0.5) is 10.1 Å². The summed E-state index contributed by atoms with van der Waals surface area (Å²) in [5.74, 6) is -0.423. The maximum atomic E-state index is 13.5. The lowest BCUT2D eigenvalue weighted by atomic mass is 10.2. The molecule has 27 heavy (non-hydrogen) atoms. The number of amides is 1. The quantitative estimate of drug-likeness (QED) is 0.513.